The predicted molar refractivity (Wildman–Crippen MR) is 42.5 cm³/mol. The molecule has 1 heterocycles. The van der Waals surface area contributed by atoms with Gasteiger partial charge in [-0.05, 0) is 12.1 Å². The summed E-state index contributed by atoms with van der Waals surface area (Å²) in [6.45, 7) is -5.17. The summed E-state index contributed by atoms with van der Waals surface area (Å²) in [5.74, 6) is -1.27. The van der Waals surface area contributed by atoms with Crippen molar-refractivity contribution in [3.8, 4) is 0 Å². The molecule has 1 rings (SSSR count). The van der Waals surface area contributed by atoms with E-state index < -0.39 is 18.4 Å². The van der Waals surface area contributed by atoms with Gasteiger partial charge in [-0.15, -0.1) is 5.46 Å². The quantitative estimate of drug-likeness (QED) is 0.435. The zero-order valence-corrected chi connectivity index (χ0v) is 6.69. The zero-order valence-electron chi connectivity index (χ0n) is 6.69. The fourth-order valence-corrected chi connectivity index (χ4v) is 0.834. The van der Waals surface area contributed by atoms with Crippen LogP contribution >= 0.6 is 0 Å². The van der Waals surface area contributed by atoms with E-state index >= 15 is 0 Å². The number of halogens is 4. The van der Waals surface area contributed by atoms with Crippen molar-refractivity contribution in [2.75, 3.05) is 12.4 Å². The normalized spacial score (nSPS) is 11.5. The molecule has 0 fully saturated rings. The molecule has 1 aromatic rings. The summed E-state index contributed by atoms with van der Waals surface area (Å²) >= 11 is 0. The van der Waals surface area contributed by atoms with Gasteiger partial charge in [0.15, 0.2) is 0 Å². The van der Waals surface area contributed by atoms with Crippen LogP contribution in [0.4, 0.5) is 23.2 Å². The average molecular weight is 193 g/mol. The van der Waals surface area contributed by atoms with Crippen LogP contribution in [0.5, 0.6) is 0 Å². The molecule has 0 bridgehead atoms. The van der Waals surface area contributed by atoms with Crippen molar-refractivity contribution < 1.29 is 17.3 Å². The highest BCUT2D eigenvalue weighted by molar-refractivity contribution is 6.73. The van der Waals surface area contributed by atoms with E-state index in [1.54, 1.807) is 0 Å². The minimum absolute atomic E-state index is 0.130. The smallest absolute Gasteiger partial charge is 0.445 e. The van der Waals surface area contributed by atoms with E-state index in [0.717, 1.165) is 6.07 Å². The minimum Gasteiger partial charge on any atom is -0.445 e. The summed E-state index contributed by atoms with van der Waals surface area (Å²) in [6, 6.07) is 1.14. The maximum atomic E-state index is 12.5. The van der Waals surface area contributed by atoms with Crippen molar-refractivity contribution in [2.45, 2.75) is 0 Å². The Balaban J connectivity index is 3.16. The van der Waals surface area contributed by atoms with Gasteiger partial charge in [-0.3, -0.25) is 0 Å². The molecule has 1 N–H and O–H groups in total. The number of anilines is 1. The summed E-state index contributed by atoms with van der Waals surface area (Å²) in [7, 11) is 1.37. The molecular weight excluding hydrogens is 187 g/mol. The van der Waals surface area contributed by atoms with Gasteiger partial charge < -0.3 is 18.3 Å². The highest BCUT2D eigenvalue weighted by Crippen LogP contribution is 2.11. The van der Waals surface area contributed by atoms with Crippen LogP contribution in [-0.2, 0) is 0 Å². The van der Waals surface area contributed by atoms with Gasteiger partial charge in [0, 0.05) is 7.05 Å². The minimum atomic E-state index is -5.17. The van der Waals surface area contributed by atoms with Crippen LogP contribution < -0.4 is 10.8 Å². The first-order valence-corrected chi connectivity index (χ1v) is 3.48. The molecular formula is C6H6BF4N2-. The van der Waals surface area contributed by atoms with E-state index in [1.807, 2.05) is 0 Å². The number of hydrogen-bond donors (Lipinski definition) is 1. The lowest BCUT2D eigenvalue weighted by molar-refractivity contribution is 0.499. The average Bonchev–Trinajstić information content (AvgIpc) is 2.01. The summed E-state index contributed by atoms with van der Waals surface area (Å²) in [5.41, 5.74) is -0.989. The van der Waals surface area contributed by atoms with Crippen LogP contribution in [0.3, 0.4) is 0 Å². The second kappa shape index (κ2) is 3.23. The van der Waals surface area contributed by atoms with E-state index in [-0.39, 0.29) is 5.82 Å². The van der Waals surface area contributed by atoms with Gasteiger partial charge >= 0.3 is 6.98 Å². The highest BCUT2D eigenvalue weighted by atomic mass is 19.4. The third-order valence-electron chi connectivity index (χ3n) is 1.45. The Morgan fingerprint density at radius 1 is 1.31 bits per heavy atom. The first kappa shape index (κ1) is 9.82. The lowest BCUT2D eigenvalue weighted by Crippen LogP contribution is -2.34. The number of rotatable bonds is 2. The van der Waals surface area contributed by atoms with Crippen LogP contribution in [0.1, 0.15) is 0 Å². The Morgan fingerprint density at radius 2 is 1.92 bits per heavy atom. The molecule has 0 aliphatic carbocycles. The van der Waals surface area contributed by atoms with Gasteiger partial charge in [-0.2, -0.15) is 4.39 Å². The highest BCUT2D eigenvalue weighted by Gasteiger charge is 2.26. The maximum absolute atomic E-state index is 12.5. The molecule has 0 saturated carbocycles. The standard InChI is InChI=1S/C6H6BF4N2/c1-12-6-3-4(7(9,10)11)2-5(8)13-6/h2-3H,1H3,(H,12,13)/q-1. The zero-order chi connectivity index (χ0) is 10.1. The first-order chi connectivity index (χ1) is 5.93. The molecule has 0 amide bonds. The molecule has 0 saturated heterocycles. The summed E-state index contributed by atoms with van der Waals surface area (Å²) < 4.78 is 48.9. The molecule has 0 aliphatic heterocycles. The Labute approximate surface area is 72.0 Å². The fraction of sp³-hybridized carbons (Fsp3) is 0.167. The first-order valence-electron chi connectivity index (χ1n) is 3.48. The molecule has 0 unspecified atom stereocenters. The van der Waals surface area contributed by atoms with Gasteiger partial charge in [0.2, 0.25) is 5.95 Å². The molecule has 13 heavy (non-hydrogen) atoms. The molecule has 0 spiro atoms. The Bertz CT molecular complexity index is 312. The lowest BCUT2D eigenvalue weighted by Gasteiger charge is -2.15. The van der Waals surface area contributed by atoms with E-state index in [9.17, 15) is 17.3 Å². The van der Waals surface area contributed by atoms with E-state index in [1.165, 1.54) is 7.05 Å². The monoisotopic (exact) mass is 193 g/mol. The molecule has 2 nitrogen and oxygen atoms in total. The lowest BCUT2D eigenvalue weighted by atomic mass is 9.81. The van der Waals surface area contributed by atoms with Crippen LogP contribution in [0.25, 0.3) is 0 Å². The summed E-state index contributed by atoms with van der Waals surface area (Å²) in [5, 5.41) is 2.34. The number of hydrogen-bond acceptors (Lipinski definition) is 2. The molecule has 72 valence electrons. The van der Waals surface area contributed by atoms with Crippen molar-refractivity contribution in [3.05, 3.63) is 18.1 Å². The topological polar surface area (TPSA) is 24.9 Å². The fourth-order valence-electron chi connectivity index (χ4n) is 0.834. The maximum Gasteiger partial charge on any atom is 0.509 e. The summed E-state index contributed by atoms with van der Waals surface area (Å²) in [6.07, 6.45) is 0. The number of pyridine rings is 1. The van der Waals surface area contributed by atoms with E-state index in [2.05, 4.69) is 10.3 Å². The van der Waals surface area contributed by atoms with Gasteiger partial charge in [0.05, 0.1) is 0 Å². The molecule has 1 aromatic heterocycles. The number of nitrogens with zero attached hydrogens (tertiary/aromatic N) is 1. The van der Waals surface area contributed by atoms with Crippen LogP contribution in [-0.4, -0.2) is 19.0 Å². The molecule has 0 radical (unpaired) electrons. The second-order valence-corrected chi connectivity index (χ2v) is 2.43. The van der Waals surface area contributed by atoms with Crippen molar-refractivity contribution in [1.82, 2.24) is 4.98 Å². The van der Waals surface area contributed by atoms with E-state index in [4.69, 9.17) is 0 Å². The molecule has 0 aromatic carbocycles. The van der Waals surface area contributed by atoms with Crippen LogP contribution in [0, 0.1) is 5.95 Å². The van der Waals surface area contributed by atoms with Crippen molar-refractivity contribution in [3.63, 3.8) is 0 Å². The summed E-state index contributed by atoms with van der Waals surface area (Å²) in [4.78, 5) is 3.20. The van der Waals surface area contributed by atoms with Crippen LogP contribution in [0.2, 0.25) is 0 Å². The molecule has 0 aliphatic rings. The Morgan fingerprint density at radius 3 is 2.38 bits per heavy atom. The predicted octanol–water partition coefficient (Wildman–Crippen LogP) is 1.32. The van der Waals surface area contributed by atoms with Crippen LogP contribution in [0.15, 0.2) is 12.1 Å². The second-order valence-electron chi connectivity index (χ2n) is 2.43. The van der Waals surface area contributed by atoms with Gasteiger partial charge in [-0.1, -0.05) is 0 Å². The number of nitrogens with one attached hydrogen (secondary N) is 1. The Kier molecular flexibility index (Phi) is 2.44. The SMILES string of the molecule is CNc1cc([B-](F)(F)F)cc(F)n1. The third kappa shape index (κ3) is 2.33. The van der Waals surface area contributed by atoms with Gasteiger partial charge in [0.25, 0.3) is 0 Å². The van der Waals surface area contributed by atoms with E-state index in [0.29, 0.717) is 6.07 Å². The molecule has 0 atom stereocenters. The molecule has 7 heteroatoms. The van der Waals surface area contributed by atoms with Crippen molar-refractivity contribution in [1.29, 1.82) is 0 Å². The number of aromatic nitrogens is 1. The van der Waals surface area contributed by atoms with Crippen molar-refractivity contribution in [2.24, 2.45) is 0 Å². The Hall–Kier alpha value is -1.27. The van der Waals surface area contributed by atoms with Gasteiger partial charge in [0.1, 0.15) is 5.82 Å². The van der Waals surface area contributed by atoms with Crippen molar-refractivity contribution >= 4 is 18.3 Å². The van der Waals surface area contributed by atoms with Gasteiger partial charge in [-0.25, -0.2) is 4.98 Å². The third-order valence-corrected chi connectivity index (χ3v) is 1.45. The largest absolute Gasteiger partial charge is 0.509 e.